The molecular formula is C14H21NO2S. The highest BCUT2D eigenvalue weighted by Gasteiger charge is 2.13. The molecule has 0 amide bonds. The van der Waals surface area contributed by atoms with Crippen molar-refractivity contribution in [1.82, 2.24) is 5.32 Å². The number of hydrogen-bond acceptors (Lipinski definition) is 3. The van der Waals surface area contributed by atoms with Gasteiger partial charge in [0, 0.05) is 6.26 Å². The third kappa shape index (κ3) is 3.82. The zero-order chi connectivity index (χ0) is 13.0. The van der Waals surface area contributed by atoms with Crippen molar-refractivity contribution in [2.75, 3.05) is 19.3 Å². The molecule has 0 saturated carbocycles. The van der Waals surface area contributed by atoms with Crippen LogP contribution < -0.4 is 5.32 Å². The molecule has 18 heavy (non-hydrogen) atoms. The smallest absolute Gasteiger partial charge is 0.175 e. The van der Waals surface area contributed by atoms with Gasteiger partial charge >= 0.3 is 0 Å². The van der Waals surface area contributed by atoms with Crippen LogP contribution in [0.15, 0.2) is 29.2 Å². The Morgan fingerprint density at radius 1 is 1.28 bits per heavy atom. The molecule has 1 N–H and O–H groups in total. The molecule has 1 aromatic carbocycles. The minimum Gasteiger partial charge on any atom is -0.316 e. The van der Waals surface area contributed by atoms with Crippen LogP contribution in [-0.4, -0.2) is 27.8 Å². The first-order valence-corrected chi connectivity index (χ1v) is 8.44. The number of rotatable bonds is 4. The standard InChI is InChI=1S/C14H21NO2S/c1-18(16,17)14-8-6-12(7-9-14)4-5-13-3-2-10-15-11-13/h6-9,13,15H,2-5,10-11H2,1H3. The van der Waals surface area contributed by atoms with E-state index < -0.39 is 9.84 Å². The highest BCUT2D eigenvalue weighted by molar-refractivity contribution is 7.90. The van der Waals surface area contributed by atoms with E-state index in [1.54, 1.807) is 12.1 Å². The molecule has 1 fully saturated rings. The van der Waals surface area contributed by atoms with E-state index >= 15 is 0 Å². The van der Waals surface area contributed by atoms with Crippen molar-refractivity contribution in [3.63, 3.8) is 0 Å². The molecular weight excluding hydrogens is 246 g/mol. The summed E-state index contributed by atoms with van der Waals surface area (Å²) in [4.78, 5) is 0.408. The van der Waals surface area contributed by atoms with E-state index in [9.17, 15) is 8.42 Å². The Labute approximate surface area is 110 Å². The molecule has 1 heterocycles. The molecule has 1 saturated heterocycles. The van der Waals surface area contributed by atoms with E-state index in [-0.39, 0.29) is 0 Å². The van der Waals surface area contributed by atoms with Gasteiger partial charge in [0.25, 0.3) is 0 Å². The summed E-state index contributed by atoms with van der Waals surface area (Å²) in [5, 5.41) is 3.42. The topological polar surface area (TPSA) is 46.2 Å². The maximum Gasteiger partial charge on any atom is 0.175 e. The summed E-state index contributed by atoms with van der Waals surface area (Å²) >= 11 is 0. The molecule has 100 valence electrons. The van der Waals surface area contributed by atoms with Crippen LogP contribution in [-0.2, 0) is 16.3 Å². The van der Waals surface area contributed by atoms with E-state index in [2.05, 4.69) is 5.32 Å². The Morgan fingerprint density at radius 2 is 2.00 bits per heavy atom. The molecule has 0 spiro atoms. The predicted octanol–water partition coefficient (Wildman–Crippen LogP) is 2.02. The van der Waals surface area contributed by atoms with Crippen LogP contribution in [0.2, 0.25) is 0 Å². The second kappa shape index (κ2) is 5.85. The molecule has 1 unspecified atom stereocenters. The quantitative estimate of drug-likeness (QED) is 0.908. The fraction of sp³-hybridized carbons (Fsp3) is 0.571. The van der Waals surface area contributed by atoms with Crippen molar-refractivity contribution in [2.45, 2.75) is 30.6 Å². The number of piperidine rings is 1. The molecule has 4 heteroatoms. The number of benzene rings is 1. The SMILES string of the molecule is CS(=O)(=O)c1ccc(CCC2CCCNC2)cc1. The lowest BCUT2D eigenvalue weighted by molar-refractivity contribution is 0.358. The van der Waals surface area contributed by atoms with E-state index in [0.29, 0.717) is 4.90 Å². The van der Waals surface area contributed by atoms with Crippen molar-refractivity contribution in [1.29, 1.82) is 0 Å². The summed E-state index contributed by atoms with van der Waals surface area (Å²) in [7, 11) is -3.07. The fourth-order valence-electron chi connectivity index (χ4n) is 2.44. The summed E-state index contributed by atoms with van der Waals surface area (Å²) in [5.74, 6) is 0.772. The van der Waals surface area contributed by atoms with Crippen molar-refractivity contribution >= 4 is 9.84 Å². The summed E-state index contributed by atoms with van der Waals surface area (Å²) in [5.41, 5.74) is 1.23. The molecule has 1 aliphatic heterocycles. The van der Waals surface area contributed by atoms with E-state index in [1.165, 1.54) is 31.1 Å². The lowest BCUT2D eigenvalue weighted by atomic mass is 9.93. The molecule has 3 nitrogen and oxygen atoms in total. The van der Waals surface area contributed by atoms with E-state index in [1.807, 2.05) is 12.1 Å². The van der Waals surface area contributed by atoms with Crippen LogP contribution in [0.25, 0.3) is 0 Å². The predicted molar refractivity (Wildman–Crippen MR) is 73.5 cm³/mol. The normalized spacial score (nSPS) is 20.8. The average Bonchev–Trinajstić information content (AvgIpc) is 2.37. The lowest BCUT2D eigenvalue weighted by Gasteiger charge is -2.22. The zero-order valence-electron chi connectivity index (χ0n) is 10.9. The van der Waals surface area contributed by atoms with Gasteiger partial charge in [-0.2, -0.15) is 0 Å². The van der Waals surface area contributed by atoms with Gasteiger partial charge in [0.05, 0.1) is 4.90 Å². The van der Waals surface area contributed by atoms with Crippen molar-refractivity contribution in [3.05, 3.63) is 29.8 Å². The highest BCUT2D eigenvalue weighted by Crippen LogP contribution is 2.18. The van der Waals surface area contributed by atoms with Gasteiger partial charge < -0.3 is 5.32 Å². The number of hydrogen-bond donors (Lipinski definition) is 1. The summed E-state index contributed by atoms with van der Waals surface area (Å²) in [6, 6.07) is 7.30. The highest BCUT2D eigenvalue weighted by atomic mass is 32.2. The minimum absolute atomic E-state index is 0.408. The van der Waals surface area contributed by atoms with Crippen LogP contribution in [0.5, 0.6) is 0 Å². The average molecular weight is 267 g/mol. The molecule has 2 rings (SSSR count). The Morgan fingerprint density at radius 3 is 2.56 bits per heavy atom. The number of sulfone groups is 1. The Hall–Kier alpha value is -0.870. The van der Waals surface area contributed by atoms with Gasteiger partial charge in [-0.05, 0) is 62.4 Å². The van der Waals surface area contributed by atoms with E-state index in [4.69, 9.17) is 0 Å². The first kappa shape index (κ1) is 13.6. The van der Waals surface area contributed by atoms with Gasteiger partial charge in [0.1, 0.15) is 0 Å². The minimum atomic E-state index is -3.07. The molecule has 1 aromatic rings. The van der Waals surface area contributed by atoms with Crippen LogP contribution in [0, 0.1) is 5.92 Å². The largest absolute Gasteiger partial charge is 0.316 e. The van der Waals surface area contributed by atoms with Gasteiger partial charge in [-0.1, -0.05) is 12.1 Å². The second-order valence-corrected chi connectivity index (χ2v) is 7.18. The Balaban J connectivity index is 1.90. The maximum absolute atomic E-state index is 11.3. The van der Waals surface area contributed by atoms with Crippen molar-refractivity contribution in [2.24, 2.45) is 5.92 Å². The van der Waals surface area contributed by atoms with Crippen LogP contribution >= 0.6 is 0 Å². The summed E-state index contributed by atoms with van der Waals surface area (Å²) in [6.45, 7) is 2.28. The molecule has 0 aromatic heterocycles. The van der Waals surface area contributed by atoms with Crippen molar-refractivity contribution < 1.29 is 8.42 Å². The fourth-order valence-corrected chi connectivity index (χ4v) is 3.07. The van der Waals surface area contributed by atoms with Gasteiger partial charge in [-0.15, -0.1) is 0 Å². The third-order valence-electron chi connectivity index (χ3n) is 3.59. The number of aryl methyl sites for hydroxylation is 1. The lowest BCUT2D eigenvalue weighted by Crippen LogP contribution is -2.29. The van der Waals surface area contributed by atoms with Crippen LogP contribution in [0.1, 0.15) is 24.8 Å². The van der Waals surface area contributed by atoms with Gasteiger partial charge in [-0.25, -0.2) is 8.42 Å². The maximum atomic E-state index is 11.3. The van der Waals surface area contributed by atoms with E-state index in [0.717, 1.165) is 25.4 Å². The first-order valence-electron chi connectivity index (χ1n) is 6.55. The molecule has 0 aliphatic carbocycles. The van der Waals surface area contributed by atoms with Crippen LogP contribution in [0.4, 0.5) is 0 Å². The van der Waals surface area contributed by atoms with Gasteiger partial charge in [0.2, 0.25) is 0 Å². The van der Waals surface area contributed by atoms with Crippen LogP contribution in [0.3, 0.4) is 0 Å². The molecule has 0 bridgehead atoms. The van der Waals surface area contributed by atoms with Gasteiger partial charge in [0.15, 0.2) is 9.84 Å². The summed E-state index contributed by atoms with van der Waals surface area (Å²) < 4.78 is 22.7. The molecule has 1 atom stereocenters. The molecule has 1 aliphatic rings. The Kier molecular flexibility index (Phi) is 4.40. The Bertz CT molecular complexity index is 473. The second-order valence-electron chi connectivity index (χ2n) is 5.17. The third-order valence-corrected chi connectivity index (χ3v) is 4.72. The zero-order valence-corrected chi connectivity index (χ0v) is 11.7. The summed E-state index contributed by atoms with van der Waals surface area (Å²) in [6.07, 6.45) is 6.06. The molecule has 0 radical (unpaired) electrons. The van der Waals surface area contributed by atoms with Gasteiger partial charge in [-0.3, -0.25) is 0 Å². The monoisotopic (exact) mass is 267 g/mol. The van der Waals surface area contributed by atoms with Crippen molar-refractivity contribution in [3.8, 4) is 0 Å². The first-order chi connectivity index (χ1) is 8.55. The number of nitrogens with one attached hydrogen (secondary N) is 1.